The molecule has 0 aliphatic carbocycles. The van der Waals surface area contributed by atoms with E-state index in [1.165, 1.54) is 6.08 Å². The van der Waals surface area contributed by atoms with Crippen LogP contribution in [-0.4, -0.2) is 25.3 Å². The van der Waals surface area contributed by atoms with Crippen LogP contribution in [0, 0.1) is 5.92 Å². The zero-order valence-corrected chi connectivity index (χ0v) is 16.6. The molecule has 6 heteroatoms. The maximum absolute atomic E-state index is 12.3. The molecule has 2 aromatic carbocycles. The van der Waals surface area contributed by atoms with E-state index in [4.69, 9.17) is 14.2 Å². The third kappa shape index (κ3) is 6.10. The summed E-state index contributed by atoms with van der Waals surface area (Å²) in [6, 6.07) is 15.0. The van der Waals surface area contributed by atoms with Gasteiger partial charge < -0.3 is 19.5 Å². The van der Waals surface area contributed by atoms with Crippen molar-refractivity contribution in [3.63, 3.8) is 0 Å². The van der Waals surface area contributed by atoms with Crippen LogP contribution in [-0.2, 0) is 14.3 Å². The fourth-order valence-corrected chi connectivity index (χ4v) is 3.04. The molecule has 1 aliphatic rings. The Morgan fingerprint density at radius 1 is 1.10 bits per heavy atom. The van der Waals surface area contributed by atoms with Crippen LogP contribution in [0.2, 0.25) is 0 Å². The van der Waals surface area contributed by atoms with Gasteiger partial charge in [0, 0.05) is 6.08 Å². The molecule has 0 fully saturated rings. The minimum atomic E-state index is -0.585. The summed E-state index contributed by atoms with van der Waals surface area (Å²) in [6.07, 6.45) is 3.69. The minimum absolute atomic E-state index is 0.119. The van der Waals surface area contributed by atoms with Gasteiger partial charge in [-0.05, 0) is 41.7 Å². The van der Waals surface area contributed by atoms with Gasteiger partial charge in [-0.25, -0.2) is 4.79 Å². The van der Waals surface area contributed by atoms with Crippen molar-refractivity contribution >= 4 is 18.0 Å². The summed E-state index contributed by atoms with van der Waals surface area (Å²) in [5.74, 6) is 0.808. The first kappa shape index (κ1) is 20.5. The molecule has 1 unspecified atom stereocenters. The van der Waals surface area contributed by atoms with Crippen molar-refractivity contribution in [1.82, 2.24) is 5.32 Å². The molecule has 152 valence electrons. The average molecular weight is 395 g/mol. The maximum Gasteiger partial charge on any atom is 0.331 e. The zero-order valence-electron chi connectivity index (χ0n) is 16.6. The first-order chi connectivity index (χ1) is 14.0. The van der Waals surface area contributed by atoms with E-state index in [1.807, 2.05) is 30.3 Å². The van der Waals surface area contributed by atoms with Crippen molar-refractivity contribution in [2.75, 3.05) is 13.4 Å². The number of hydrogen-bond donors (Lipinski definition) is 1. The summed E-state index contributed by atoms with van der Waals surface area (Å²) in [4.78, 5) is 24.2. The average Bonchev–Trinajstić information content (AvgIpc) is 3.18. The number of benzene rings is 2. The van der Waals surface area contributed by atoms with Crippen molar-refractivity contribution in [3.05, 3.63) is 65.7 Å². The van der Waals surface area contributed by atoms with Crippen LogP contribution in [0.1, 0.15) is 37.4 Å². The van der Waals surface area contributed by atoms with E-state index < -0.39 is 5.97 Å². The monoisotopic (exact) mass is 395 g/mol. The fourth-order valence-electron chi connectivity index (χ4n) is 3.04. The lowest BCUT2D eigenvalue weighted by Gasteiger charge is -2.21. The Bertz CT molecular complexity index is 876. The number of hydrogen-bond acceptors (Lipinski definition) is 5. The molecule has 1 heterocycles. The van der Waals surface area contributed by atoms with E-state index in [1.54, 1.807) is 24.3 Å². The second-order valence-corrected chi connectivity index (χ2v) is 7.21. The highest BCUT2D eigenvalue weighted by Gasteiger charge is 2.17. The maximum atomic E-state index is 12.3. The Hall–Kier alpha value is -3.28. The van der Waals surface area contributed by atoms with Gasteiger partial charge in [0.2, 0.25) is 6.79 Å². The second kappa shape index (κ2) is 9.78. The molecule has 0 saturated heterocycles. The Balaban J connectivity index is 1.50. The first-order valence-electron chi connectivity index (χ1n) is 9.60. The van der Waals surface area contributed by atoms with Crippen LogP contribution in [0.25, 0.3) is 6.08 Å². The molecule has 0 saturated carbocycles. The number of fused-ring (bicyclic) bond motifs is 1. The summed E-state index contributed by atoms with van der Waals surface area (Å²) in [7, 11) is 0. The van der Waals surface area contributed by atoms with Gasteiger partial charge in [-0.3, -0.25) is 4.79 Å². The van der Waals surface area contributed by atoms with Crippen LogP contribution in [0.5, 0.6) is 11.5 Å². The zero-order chi connectivity index (χ0) is 20.6. The normalized spacial score (nSPS) is 13.5. The van der Waals surface area contributed by atoms with E-state index in [0.29, 0.717) is 17.4 Å². The molecular weight excluding hydrogens is 370 g/mol. The summed E-state index contributed by atoms with van der Waals surface area (Å²) in [5.41, 5.74) is 1.81. The highest BCUT2D eigenvalue weighted by atomic mass is 16.7. The van der Waals surface area contributed by atoms with Gasteiger partial charge >= 0.3 is 5.97 Å². The molecule has 1 aliphatic heterocycles. The lowest BCUT2D eigenvalue weighted by atomic mass is 9.97. The smallest absolute Gasteiger partial charge is 0.331 e. The van der Waals surface area contributed by atoms with Gasteiger partial charge in [-0.2, -0.15) is 0 Å². The quantitative estimate of drug-likeness (QED) is 0.542. The topological polar surface area (TPSA) is 73.9 Å². The van der Waals surface area contributed by atoms with E-state index in [9.17, 15) is 9.59 Å². The van der Waals surface area contributed by atoms with Gasteiger partial charge in [0.05, 0.1) is 6.04 Å². The van der Waals surface area contributed by atoms with E-state index >= 15 is 0 Å². The first-order valence-corrected chi connectivity index (χ1v) is 9.60. The number of amides is 1. The van der Waals surface area contributed by atoms with Gasteiger partial charge in [-0.15, -0.1) is 0 Å². The molecule has 1 N–H and O–H groups in total. The minimum Gasteiger partial charge on any atom is -0.454 e. The van der Waals surface area contributed by atoms with Crippen LogP contribution >= 0.6 is 0 Å². The Morgan fingerprint density at radius 2 is 1.86 bits per heavy atom. The summed E-state index contributed by atoms with van der Waals surface area (Å²) in [5, 5.41) is 2.95. The van der Waals surface area contributed by atoms with Crippen LogP contribution in [0.15, 0.2) is 54.6 Å². The number of esters is 1. The van der Waals surface area contributed by atoms with Gasteiger partial charge in [0.15, 0.2) is 18.1 Å². The molecule has 1 amide bonds. The molecular formula is C23H25NO5. The molecule has 2 aromatic rings. The highest BCUT2D eigenvalue weighted by molar-refractivity contribution is 5.89. The molecule has 29 heavy (non-hydrogen) atoms. The third-order valence-corrected chi connectivity index (χ3v) is 4.40. The molecule has 6 nitrogen and oxygen atoms in total. The largest absolute Gasteiger partial charge is 0.454 e. The molecule has 0 aromatic heterocycles. The van der Waals surface area contributed by atoms with Crippen molar-refractivity contribution < 1.29 is 23.8 Å². The van der Waals surface area contributed by atoms with Gasteiger partial charge in [-0.1, -0.05) is 50.2 Å². The fraction of sp³-hybridized carbons (Fsp3) is 0.304. The van der Waals surface area contributed by atoms with Crippen LogP contribution in [0.3, 0.4) is 0 Å². The van der Waals surface area contributed by atoms with Gasteiger partial charge in [0.25, 0.3) is 5.91 Å². The lowest BCUT2D eigenvalue weighted by Crippen LogP contribution is -2.33. The number of carbonyl (C=O) groups is 2. The van der Waals surface area contributed by atoms with E-state index in [0.717, 1.165) is 17.5 Å². The number of ether oxygens (including phenoxy) is 3. The summed E-state index contributed by atoms with van der Waals surface area (Å²) in [6.45, 7) is 4.07. The van der Waals surface area contributed by atoms with Crippen molar-refractivity contribution in [1.29, 1.82) is 0 Å². The Kier molecular flexibility index (Phi) is 6.89. The Labute approximate surface area is 170 Å². The van der Waals surface area contributed by atoms with E-state index in [-0.39, 0.29) is 25.3 Å². The standard InChI is InChI=1S/C23H25NO5/c1-16(2)12-19(18-6-4-3-5-7-18)24-22(25)14-27-23(26)11-9-17-8-10-20-21(13-17)29-15-28-20/h3-11,13,16,19H,12,14-15H2,1-2H3,(H,24,25)/b11-9+. The lowest BCUT2D eigenvalue weighted by molar-refractivity contribution is -0.144. The van der Waals surface area contributed by atoms with Crippen LogP contribution in [0.4, 0.5) is 0 Å². The SMILES string of the molecule is CC(C)CC(NC(=O)COC(=O)/C=C/c1ccc2c(c1)OCO2)c1ccccc1. The van der Waals surface area contributed by atoms with Gasteiger partial charge in [0.1, 0.15) is 0 Å². The predicted molar refractivity (Wildman–Crippen MR) is 109 cm³/mol. The molecule has 0 radical (unpaired) electrons. The van der Waals surface area contributed by atoms with Crippen LogP contribution < -0.4 is 14.8 Å². The second-order valence-electron chi connectivity index (χ2n) is 7.21. The molecule has 3 rings (SSSR count). The highest BCUT2D eigenvalue weighted by Crippen LogP contribution is 2.32. The van der Waals surface area contributed by atoms with Crippen molar-refractivity contribution in [3.8, 4) is 11.5 Å². The molecule has 0 spiro atoms. The van der Waals surface area contributed by atoms with Crippen molar-refractivity contribution in [2.45, 2.75) is 26.3 Å². The molecule has 0 bridgehead atoms. The molecule has 1 atom stereocenters. The predicted octanol–water partition coefficient (Wildman–Crippen LogP) is 3.88. The summed E-state index contributed by atoms with van der Waals surface area (Å²) < 4.78 is 15.6. The summed E-state index contributed by atoms with van der Waals surface area (Å²) >= 11 is 0. The van der Waals surface area contributed by atoms with Crippen molar-refractivity contribution in [2.24, 2.45) is 5.92 Å². The third-order valence-electron chi connectivity index (χ3n) is 4.40. The van der Waals surface area contributed by atoms with E-state index in [2.05, 4.69) is 19.2 Å². The number of rotatable bonds is 8. The number of nitrogens with one attached hydrogen (secondary N) is 1. The Morgan fingerprint density at radius 3 is 2.62 bits per heavy atom. The number of carbonyl (C=O) groups excluding carboxylic acids is 2.